The van der Waals surface area contributed by atoms with Crippen LogP contribution in [0.5, 0.6) is 0 Å². The normalized spacial score (nSPS) is 22.8. The maximum Gasteiger partial charge on any atom is 0.405 e. The standard InChI is InChI=1S/C16H14N2O4/c19-15(20)17-16(10-14(16)11-4-2-1-3-5-11)12-6-8-13(9-7-12)18(21)22/h1-9,14,17H,10H2,(H,19,20)/t14-,16-/m0/s1. The Balaban J connectivity index is 1.95. The van der Waals surface area contributed by atoms with Gasteiger partial charge >= 0.3 is 6.09 Å². The first-order valence-corrected chi connectivity index (χ1v) is 6.84. The van der Waals surface area contributed by atoms with Crippen molar-refractivity contribution in [3.05, 3.63) is 75.8 Å². The van der Waals surface area contributed by atoms with Gasteiger partial charge in [0.05, 0.1) is 10.5 Å². The van der Waals surface area contributed by atoms with E-state index < -0.39 is 16.6 Å². The van der Waals surface area contributed by atoms with Gasteiger partial charge in [-0.25, -0.2) is 4.79 Å². The third kappa shape index (κ3) is 2.39. The Morgan fingerprint density at radius 1 is 1.18 bits per heavy atom. The molecule has 1 saturated carbocycles. The molecule has 0 aromatic heterocycles. The van der Waals surface area contributed by atoms with E-state index in [2.05, 4.69) is 5.32 Å². The van der Waals surface area contributed by atoms with Crippen molar-refractivity contribution in [2.75, 3.05) is 0 Å². The highest BCUT2D eigenvalue weighted by atomic mass is 16.6. The van der Waals surface area contributed by atoms with Gasteiger partial charge in [-0.1, -0.05) is 30.3 Å². The van der Waals surface area contributed by atoms with Crippen LogP contribution in [0.1, 0.15) is 23.5 Å². The van der Waals surface area contributed by atoms with Crippen LogP contribution in [0.3, 0.4) is 0 Å². The Labute approximate surface area is 126 Å². The van der Waals surface area contributed by atoms with Crippen molar-refractivity contribution in [2.24, 2.45) is 0 Å². The maximum atomic E-state index is 11.2. The molecule has 0 radical (unpaired) electrons. The number of amides is 1. The van der Waals surface area contributed by atoms with Crippen LogP contribution < -0.4 is 5.32 Å². The molecule has 6 nitrogen and oxygen atoms in total. The fourth-order valence-corrected chi connectivity index (χ4v) is 2.95. The molecule has 0 saturated heterocycles. The molecule has 1 aliphatic rings. The van der Waals surface area contributed by atoms with Crippen molar-refractivity contribution < 1.29 is 14.8 Å². The van der Waals surface area contributed by atoms with Gasteiger partial charge < -0.3 is 10.4 Å². The van der Waals surface area contributed by atoms with Crippen molar-refractivity contribution in [3.8, 4) is 0 Å². The Morgan fingerprint density at radius 2 is 1.82 bits per heavy atom. The summed E-state index contributed by atoms with van der Waals surface area (Å²) in [4.78, 5) is 21.4. The van der Waals surface area contributed by atoms with E-state index in [1.54, 1.807) is 12.1 Å². The molecule has 2 aromatic rings. The second kappa shape index (κ2) is 5.14. The van der Waals surface area contributed by atoms with Gasteiger partial charge in [0.25, 0.3) is 5.69 Å². The highest BCUT2D eigenvalue weighted by molar-refractivity contribution is 5.68. The molecule has 1 amide bonds. The molecule has 0 heterocycles. The van der Waals surface area contributed by atoms with E-state index in [0.29, 0.717) is 6.42 Å². The van der Waals surface area contributed by atoms with E-state index in [-0.39, 0.29) is 11.6 Å². The molecule has 0 unspecified atom stereocenters. The quantitative estimate of drug-likeness (QED) is 0.669. The Kier molecular flexibility index (Phi) is 3.29. The monoisotopic (exact) mass is 298 g/mol. The summed E-state index contributed by atoms with van der Waals surface area (Å²) in [5.74, 6) is 0.0336. The number of rotatable bonds is 4. The molecular weight excluding hydrogens is 284 g/mol. The summed E-state index contributed by atoms with van der Waals surface area (Å²) in [7, 11) is 0. The second-order valence-corrected chi connectivity index (χ2v) is 5.37. The fraction of sp³-hybridized carbons (Fsp3) is 0.188. The Bertz CT molecular complexity index is 715. The van der Waals surface area contributed by atoms with Crippen LogP contribution >= 0.6 is 0 Å². The minimum Gasteiger partial charge on any atom is -0.465 e. The van der Waals surface area contributed by atoms with Gasteiger partial charge in [-0.3, -0.25) is 10.1 Å². The third-order valence-electron chi connectivity index (χ3n) is 4.09. The minimum atomic E-state index is -1.10. The van der Waals surface area contributed by atoms with Crippen molar-refractivity contribution in [1.29, 1.82) is 0 Å². The lowest BCUT2D eigenvalue weighted by atomic mass is 9.98. The van der Waals surface area contributed by atoms with Crippen molar-refractivity contribution in [1.82, 2.24) is 5.32 Å². The van der Waals surface area contributed by atoms with E-state index in [4.69, 9.17) is 5.11 Å². The lowest BCUT2D eigenvalue weighted by Crippen LogP contribution is -2.35. The number of non-ortho nitro benzene ring substituents is 1. The lowest BCUT2D eigenvalue weighted by molar-refractivity contribution is -0.384. The summed E-state index contributed by atoms with van der Waals surface area (Å²) in [6, 6.07) is 15.7. The average Bonchev–Trinajstić information content (AvgIpc) is 3.23. The number of nitrogens with zero attached hydrogens (tertiary/aromatic N) is 1. The summed E-state index contributed by atoms with van der Waals surface area (Å²) in [6.45, 7) is 0. The molecule has 6 heteroatoms. The molecular formula is C16H14N2O4. The van der Waals surface area contributed by atoms with E-state index in [1.165, 1.54) is 12.1 Å². The molecule has 1 aliphatic carbocycles. The Hall–Kier alpha value is -2.89. The molecule has 0 bridgehead atoms. The van der Waals surface area contributed by atoms with Gasteiger partial charge in [-0.15, -0.1) is 0 Å². The molecule has 112 valence electrons. The average molecular weight is 298 g/mol. The molecule has 3 rings (SSSR count). The van der Waals surface area contributed by atoms with Crippen molar-refractivity contribution in [2.45, 2.75) is 17.9 Å². The summed E-state index contributed by atoms with van der Waals surface area (Å²) >= 11 is 0. The van der Waals surface area contributed by atoms with Crippen LogP contribution in [0.25, 0.3) is 0 Å². The summed E-state index contributed by atoms with van der Waals surface area (Å²) < 4.78 is 0. The van der Waals surface area contributed by atoms with E-state index in [0.717, 1.165) is 11.1 Å². The van der Waals surface area contributed by atoms with Crippen LogP contribution in [0.4, 0.5) is 10.5 Å². The van der Waals surface area contributed by atoms with Gasteiger partial charge in [-0.05, 0) is 29.7 Å². The number of nitro groups is 1. The van der Waals surface area contributed by atoms with Gasteiger partial charge in [0, 0.05) is 18.1 Å². The van der Waals surface area contributed by atoms with Crippen LogP contribution in [-0.2, 0) is 5.54 Å². The molecule has 22 heavy (non-hydrogen) atoms. The highest BCUT2D eigenvalue weighted by Gasteiger charge is 2.57. The zero-order chi connectivity index (χ0) is 15.7. The predicted octanol–water partition coefficient (Wildman–Crippen LogP) is 3.25. The largest absolute Gasteiger partial charge is 0.465 e. The molecule has 2 N–H and O–H groups in total. The van der Waals surface area contributed by atoms with Crippen molar-refractivity contribution in [3.63, 3.8) is 0 Å². The molecule has 0 spiro atoms. The summed E-state index contributed by atoms with van der Waals surface area (Å²) in [5, 5.41) is 22.5. The number of nitro benzene ring substituents is 1. The molecule has 0 aliphatic heterocycles. The van der Waals surface area contributed by atoms with E-state index >= 15 is 0 Å². The first-order chi connectivity index (χ1) is 10.5. The SMILES string of the molecule is O=C(O)N[C@]1(c2ccc([N+](=O)[O-])cc2)C[C@H]1c1ccccc1. The number of carbonyl (C=O) groups is 1. The van der Waals surface area contributed by atoms with Crippen molar-refractivity contribution >= 4 is 11.8 Å². The lowest BCUT2D eigenvalue weighted by Gasteiger charge is -2.18. The zero-order valence-electron chi connectivity index (χ0n) is 11.6. The number of carboxylic acid groups (broad SMARTS) is 1. The van der Waals surface area contributed by atoms with Crippen LogP contribution in [0, 0.1) is 10.1 Å². The third-order valence-corrected chi connectivity index (χ3v) is 4.09. The van der Waals surface area contributed by atoms with E-state index in [9.17, 15) is 14.9 Å². The smallest absolute Gasteiger partial charge is 0.405 e. The summed E-state index contributed by atoms with van der Waals surface area (Å²) in [6.07, 6.45) is -0.460. The first kappa shape index (κ1) is 14.1. The topological polar surface area (TPSA) is 92.5 Å². The summed E-state index contributed by atoms with van der Waals surface area (Å²) in [5.41, 5.74) is 1.08. The van der Waals surface area contributed by atoms with E-state index in [1.807, 2.05) is 30.3 Å². The van der Waals surface area contributed by atoms with Crippen LogP contribution in [-0.4, -0.2) is 16.1 Å². The number of hydrogen-bond acceptors (Lipinski definition) is 3. The van der Waals surface area contributed by atoms with Gasteiger partial charge in [0.1, 0.15) is 0 Å². The maximum absolute atomic E-state index is 11.2. The minimum absolute atomic E-state index is 0.00821. The molecule has 1 fully saturated rings. The molecule has 2 aromatic carbocycles. The zero-order valence-corrected chi connectivity index (χ0v) is 11.6. The van der Waals surface area contributed by atoms with Gasteiger partial charge in [0.15, 0.2) is 0 Å². The molecule has 2 atom stereocenters. The van der Waals surface area contributed by atoms with Gasteiger partial charge in [-0.2, -0.15) is 0 Å². The fourth-order valence-electron chi connectivity index (χ4n) is 2.95. The van der Waals surface area contributed by atoms with Crippen LogP contribution in [0.15, 0.2) is 54.6 Å². The number of nitrogens with one attached hydrogen (secondary N) is 1. The van der Waals surface area contributed by atoms with Gasteiger partial charge in [0.2, 0.25) is 0 Å². The first-order valence-electron chi connectivity index (χ1n) is 6.84. The van der Waals surface area contributed by atoms with Crippen LogP contribution in [0.2, 0.25) is 0 Å². The Morgan fingerprint density at radius 3 is 2.36 bits per heavy atom. The predicted molar refractivity (Wildman–Crippen MR) is 79.7 cm³/mol. The number of benzene rings is 2. The highest BCUT2D eigenvalue weighted by Crippen LogP contribution is 2.58. The number of hydrogen-bond donors (Lipinski definition) is 2. The second-order valence-electron chi connectivity index (χ2n) is 5.37.